The standard InChI is InChI=1S/C13H21N5S/c1-4-11-10(12(5-2)18(3)17-11)8-15-6-9-7-16-13(14)19-9/h7,15H,4-6,8H2,1-3H3,(H2,14,16). The zero-order chi connectivity index (χ0) is 13.8. The summed E-state index contributed by atoms with van der Waals surface area (Å²) in [6, 6.07) is 0. The highest BCUT2D eigenvalue weighted by atomic mass is 32.1. The number of nitrogens with two attached hydrogens (primary N) is 1. The van der Waals surface area contributed by atoms with Gasteiger partial charge in [0.15, 0.2) is 5.13 Å². The van der Waals surface area contributed by atoms with Crippen LogP contribution in [0.5, 0.6) is 0 Å². The van der Waals surface area contributed by atoms with E-state index in [1.807, 2.05) is 17.9 Å². The summed E-state index contributed by atoms with van der Waals surface area (Å²) in [5.74, 6) is 0. The molecule has 6 heteroatoms. The summed E-state index contributed by atoms with van der Waals surface area (Å²) in [6.45, 7) is 5.97. The maximum atomic E-state index is 5.62. The number of aromatic nitrogens is 3. The van der Waals surface area contributed by atoms with Gasteiger partial charge in [0.2, 0.25) is 0 Å². The molecule has 0 unspecified atom stereocenters. The van der Waals surface area contributed by atoms with Crippen molar-refractivity contribution in [3.8, 4) is 0 Å². The van der Waals surface area contributed by atoms with E-state index in [-0.39, 0.29) is 0 Å². The number of nitrogen functional groups attached to an aromatic ring is 1. The Morgan fingerprint density at radius 2 is 2.11 bits per heavy atom. The van der Waals surface area contributed by atoms with Crippen molar-refractivity contribution in [2.75, 3.05) is 5.73 Å². The van der Waals surface area contributed by atoms with E-state index in [4.69, 9.17) is 5.73 Å². The molecule has 0 aliphatic carbocycles. The summed E-state index contributed by atoms with van der Waals surface area (Å²) < 4.78 is 2.00. The van der Waals surface area contributed by atoms with E-state index in [1.165, 1.54) is 28.3 Å². The number of aryl methyl sites for hydroxylation is 2. The molecule has 0 aromatic carbocycles. The first-order chi connectivity index (χ1) is 9.15. The maximum Gasteiger partial charge on any atom is 0.180 e. The van der Waals surface area contributed by atoms with Crippen LogP contribution in [-0.4, -0.2) is 14.8 Å². The Balaban J connectivity index is 2.02. The normalized spacial score (nSPS) is 11.1. The van der Waals surface area contributed by atoms with Crippen LogP contribution in [0.3, 0.4) is 0 Å². The second kappa shape index (κ2) is 6.16. The summed E-state index contributed by atoms with van der Waals surface area (Å²) in [5.41, 5.74) is 9.46. The van der Waals surface area contributed by atoms with Gasteiger partial charge in [0.05, 0.1) is 5.69 Å². The molecule has 0 atom stereocenters. The highest BCUT2D eigenvalue weighted by Crippen LogP contribution is 2.17. The highest BCUT2D eigenvalue weighted by Gasteiger charge is 2.12. The van der Waals surface area contributed by atoms with Crippen LogP contribution in [0.25, 0.3) is 0 Å². The van der Waals surface area contributed by atoms with E-state index >= 15 is 0 Å². The molecule has 0 aliphatic rings. The van der Waals surface area contributed by atoms with Gasteiger partial charge in [-0.25, -0.2) is 4.98 Å². The molecular weight excluding hydrogens is 258 g/mol. The summed E-state index contributed by atoms with van der Waals surface area (Å²) in [4.78, 5) is 5.22. The molecule has 2 aromatic heterocycles. The molecule has 104 valence electrons. The monoisotopic (exact) mass is 279 g/mol. The van der Waals surface area contributed by atoms with Crippen molar-refractivity contribution in [2.45, 2.75) is 39.8 Å². The van der Waals surface area contributed by atoms with Gasteiger partial charge in [-0.3, -0.25) is 4.68 Å². The van der Waals surface area contributed by atoms with Crippen molar-refractivity contribution < 1.29 is 0 Å². The molecule has 0 radical (unpaired) electrons. The minimum Gasteiger partial charge on any atom is -0.375 e. The van der Waals surface area contributed by atoms with E-state index < -0.39 is 0 Å². The Kier molecular flexibility index (Phi) is 4.55. The molecule has 2 heterocycles. The molecule has 0 aliphatic heterocycles. The fourth-order valence-corrected chi connectivity index (χ4v) is 2.96. The van der Waals surface area contributed by atoms with E-state index in [9.17, 15) is 0 Å². The van der Waals surface area contributed by atoms with Crippen LogP contribution in [0.2, 0.25) is 0 Å². The number of nitrogens with one attached hydrogen (secondary N) is 1. The van der Waals surface area contributed by atoms with E-state index in [1.54, 1.807) is 0 Å². The van der Waals surface area contributed by atoms with Gasteiger partial charge in [-0.05, 0) is 12.8 Å². The number of nitrogens with zero attached hydrogens (tertiary/aromatic N) is 3. The van der Waals surface area contributed by atoms with E-state index in [0.29, 0.717) is 5.13 Å². The number of rotatable bonds is 6. The second-order valence-corrected chi connectivity index (χ2v) is 5.62. The Bertz CT molecular complexity index is 543. The van der Waals surface area contributed by atoms with Crippen LogP contribution in [0.1, 0.15) is 35.7 Å². The van der Waals surface area contributed by atoms with Crippen molar-refractivity contribution in [2.24, 2.45) is 7.05 Å². The van der Waals surface area contributed by atoms with Crippen LogP contribution in [0.4, 0.5) is 5.13 Å². The first-order valence-electron chi connectivity index (χ1n) is 6.60. The zero-order valence-corrected chi connectivity index (χ0v) is 12.5. The van der Waals surface area contributed by atoms with Crippen molar-refractivity contribution in [3.63, 3.8) is 0 Å². The third kappa shape index (κ3) is 3.13. The Hall–Kier alpha value is -1.40. The van der Waals surface area contributed by atoms with Crippen molar-refractivity contribution >= 4 is 16.5 Å². The smallest absolute Gasteiger partial charge is 0.180 e. The SMILES string of the molecule is CCc1nn(C)c(CC)c1CNCc1cnc(N)s1. The molecular formula is C13H21N5S. The van der Waals surface area contributed by atoms with Crippen LogP contribution < -0.4 is 11.1 Å². The molecule has 0 fully saturated rings. The number of anilines is 1. The average molecular weight is 279 g/mol. The van der Waals surface area contributed by atoms with Gasteiger partial charge < -0.3 is 11.1 Å². The predicted molar refractivity (Wildman–Crippen MR) is 79.0 cm³/mol. The molecule has 3 N–H and O–H groups in total. The number of hydrogen-bond acceptors (Lipinski definition) is 5. The lowest BCUT2D eigenvalue weighted by Gasteiger charge is -2.06. The van der Waals surface area contributed by atoms with Crippen LogP contribution in [0, 0.1) is 0 Å². The predicted octanol–water partition coefficient (Wildman–Crippen LogP) is 1.87. The maximum absolute atomic E-state index is 5.62. The van der Waals surface area contributed by atoms with E-state index in [2.05, 4.69) is 29.2 Å². The molecule has 0 saturated carbocycles. The van der Waals surface area contributed by atoms with Crippen LogP contribution >= 0.6 is 11.3 Å². The lowest BCUT2D eigenvalue weighted by atomic mass is 10.1. The van der Waals surface area contributed by atoms with Gasteiger partial charge in [-0.2, -0.15) is 5.10 Å². The van der Waals surface area contributed by atoms with Gasteiger partial charge in [0.1, 0.15) is 0 Å². The lowest BCUT2D eigenvalue weighted by molar-refractivity contribution is 0.680. The number of thiazole rings is 1. The second-order valence-electron chi connectivity index (χ2n) is 4.47. The Morgan fingerprint density at radius 1 is 1.32 bits per heavy atom. The third-order valence-corrected chi connectivity index (χ3v) is 4.03. The van der Waals surface area contributed by atoms with Gasteiger partial charge in [0, 0.05) is 42.5 Å². The lowest BCUT2D eigenvalue weighted by Crippen LogP contribution is -2.14. The number of hydrogen-bond donors (Lipinski definition) is 2. The first kappa shape index (κ1) is 14.0. The molecule has 0 amide bonds. The topological polar surface area (TPSA) is 68.8 Å². The minimum atomic E-state index is 0.627. The van der Waals surface area contributed by atoms with Crippen molar-refractivity contribution in [1.82, 2.24) is 20.1 Å². The third-order valence-electron chi connectivity index (χ3n) is 3.20. The Labute approximate surface area is 117 Å². The van der Waals surface area contributed by atoms with Gasteiger partial charge in [-0.15, -0.1) is 11.3 Å². The van der Waals surface area contributed by atoms with Crippen molar-refractivity contribution in [3.05, 3.63) is 28.0 Å². The van der Waals surface area contributed by atoms with Gasteiger partial charge in [0.25, 0.3) is 0 Å². The summed E-state index contributed by atoms with van der Waals surface area (Å²) in [7, 11) is 2.02. The van der Waals surface area contributed by atoms with Crippen molar-refractivity contribution in [1.29, 1.82) is 0 Å². The fraction of sp³-hybridized carbons (Fsp3) is 0.538. The summed E-state index contributed by atoms with van der Waals surface area (Å²) in [5, 5.41) is 8.66. The molecule has 2 rings (SSSR count). The molecule has 2 aromatic rings. The van der Waals surface area contributed by atoms with Crippen LogP contribution in [-0.2, 0) is 33.0 Å². The molecule has 19 heavy (non-hydrogen) atoms. The molecule has 0 saturated heterocycles. The Morgan fingerprint density at radius 3 is 2.68 bits per heavy atom. The first-order valence-corrected chi connectivity index (χ1v) is 7.41. The average Bonchev–Trinajstić information content (AvgIpc) is 2.93. The molecule has 5 nitrogen and oxygen atoms in total. The summed E-state index contributed by atoms with van der Waals surface area (Å²) in [6.07, 6.45) is 3.81. The van der Waals surface area contributed by atoms with Gasteiger partial charge in [-0.1, -0.05) is 13.8 Å². The van der Waals surface area contributed by atoms with E-state index in [0.717, 1.165) is 30.8 Å². The largest absolute Gasteiger partial charge is 0.375 e. The highest BCUT2D eigenvalue weighted by molar-refractivity contribution is 7.15. The zero-order valence-electron chi connectivity index (χ0n) is 11.7. The summed E-state index contributed by atoms with van der Waals surface area (Å²) >= 11 is 1.53. The van der Waals surface area contributed by atoms with Gasteiger partial charge >= 0.3 is 0 Å². The minimum absolute atomic E-state index is 0.627. The fourth-order valence-electron chi connectivity index (χ4n) is 2.31. The molecule has 0 spiro atoms. The quantitative estimate of drug-likeness (QED) is 0.847. The van der Waals surface area contributed by atoms with Crippen LogP contribution in [0.15, 0.2) is 6.20 Å². The molecule has 0 bridgehead atoms.